The van der Waals surface area contributed by atoms with Crippen LogP contribution in [-0.2, 0) is 12.3 Å². The highest BCUT2D eigenvalue weighted by Gasteiger charge is 2.10. The third-order valence-electron chi connectivity index (χ3n) is 2.74. The summed E-state index contributed by atoms with van der Waals surface area (Å²) < 4.78 is 1.95. The molecule has 0 amide bonds. The van der Waals surface area contributed by atoms with E-state index >= 15 is 0 Å². The largest absolute Gasteiger partial charge is 0.329 e. The first-order chi connectivity index (χ1) is 9.61. The highest BCUT2D eigenvalue weighted by molar-refractivity contribution is 7.98. The Morgan fingerprint density at radius 1 is 1.45 bits per heavy atom. The summed E-state index contributed by atoms with van der Waals surface area (Å²) in [6, 6.07) is 6.60. The van der Waals surface area contributed by atoms with Crippen LogP contribution in [0, 0.1) is 17.0 Å². The summed E-state index contributed by atoms with van der Waals surface area (Å²) in [4.78, 5) is 10.3. The van der Waals surface area contributed by atoms with Crippen molar-refractivity contribution in [2.45, 2.75) is 24.4 Å². The number of thioether (sulfide) groups is 1. The minimum atomic E-state index is -0.394. The highest BCUT2D eigenvalue weighted by Crippen LogP contribution is 2.23. The van der Waals surface area contributed by atoms with E-state index < -0.39 is 4.92 Å². The van der Waals surface area contributed by atoms with Crippen molar-refractivity contribution in [3.63, 3.8) is 0 Å². The number of nitro groups is 1. The minimum absolute atomic E-state index is 0.0997. The van der Waals surface area contributed by atoms with Crippen molar-refractivity contribution < 1.29 is 4.92 Å². The lowest BCUT2D eigenvalue weighted by Gasteiger charge is -2.06. The van der Waals surface area contributed by atoms with Gasteiger partial charge in [-0.1, -0.05) is 23.9 Å². The lowest BCUT2D eigenvalue weighted by atomic mass is 10.2. The molecule has 0 radical (unpaired) electrons. The normalized spacial score (nSPS) is 10.7. The summed E-state index contributed by atoms with van der Waals surface area (Å²) in [5.74, 6) is 1.42. The molecular formula is C12H15N5O2S. The molecule has 0 aliphatic heterocycles. The van der Waals surface area contributed by atoms with Crippen LogP contribution in [0.1, 0.15) is 11.4 Å². The molecule has 2 rings (SSSR count). The predicted molar refractivity (Wildman–Crippen MR) is 76.5 cm³/mol. The van der Waals surface area contributed by atoms with E-state index in [9.17, 15) is 10.1 Å². The molecule has 0 saturated carbocycles. The van der Waals surface area contributed by atoms with E-state index in [0.29, 0.717) is 18.8 Å². The quantitative estimate of drug-likeness (QED) is 0.494. The molecule has 1 heterocycles. The molecule has 2 N–H and O–H groups in total. The van der Waals surface area contributed by atoms with Crippen molar-refractivity contribution in [3.05, 3.63) is 45.8 Å². The minimum Gasteiger partial charge on any atom is -0.329 e. The van der Waals surface area contributed by atoms with Gasteiger partial charge in [-0.2, -0.15) is 0 Å². The van der Waals surface area contributed by atoms with Gasteiger partial charge >= 0.3 is 0 Å². The molecule has 1 aromatic heterocycles. The third-order valence-corrected chi connectivity index (χ3v) is 3.78. The van der Waals surface area contributed by atoms with Crippen molar-refractivity contribution >= 4 is 17.4 Å². The molecule has 0 aliphatic rings. The summed E-state index contributed by atoms with van der Waals surface area (Å²) in [7, 11) is 0. The van der Waals surface area contributed by atoms with E-state index in [2.05, 4.69) is 10.2 Å². The molecule has 1 aromatic carbocycles. The van der Waals surface area contributed by atoms with Gasteiger partial charge < -0.3 is 10.3 Å². The summed E-state index contributed by atoms with van der Waals surface area (Å²) in [6.07, 6.45) is 0. The van der Waals surface area contributed by atoms with Crippen LogP contribution in [0.3, 0.4) is 0 Å². The number of rotatable bonds is 6. The molecule has 0 atom stereocenters. The smallest absolute Gasteiger partial charge is 0.269 e. The number of hydrogen-bond donors (Lipinski definition) is 1. The molecule has 2 aromatic rings. The average molecular weight is 293 g/mol. The zero-order chi connectivity index (χ0) is 14.5. The first kappa shape index (κ1) is 14.5. The molecule has 0 spiro atoms. The molecule has 0 unspecified atom stereocenters. The van der Waals surface area contributed by atoms with Gasteiger partial charge in [0.15, 0.2) is 5.16 Å². The Balaban J connectivity index is 2.09. The van der Waals surface area contributed by atoms with Gasteiger partial charge in [0.1, 0.15) is 5.82 Å². The summed E-state index contributed by atoms with van der Waals surface area (Å²) in [5, 5.41) is 19.6. The second-order valence-corrected chi connectivity index (χ2v) is 5.13. The Morgan fingerprint density at radius 3 is 2.95 bits per heavy atom. The first-order valence-electron chi connectivity index (χ1n) is 6.08. The summed E-state index contributed by atoms with van der Waals surface area (Å²) >= 11 is 1.49. The fourth-order valence-corrected chi connectivity index (χ4v) is 2.72. The van der Waals surface area contributed by atoms with E-state index in [1.807, 2.05) is 17.6 Å². The Kier molecular flexibility index (Phi) is 4.70. The van der Waals surface area contributed by atoms with Gasteiger partial charge in [-0.15, -0.1) is 10.2 Å². The first-order valence-corrected chi connectivity index (χ1v) is 7.06. The zero-order valence-electron chi connectivity index (χ0n) is 11.0. The summed E-state index contributed by atoms with van der Waals surface area (Å²) in [5.41, 5.74) is 6.54. The molecule has 0 saturated heterocycles. The van der Waals surface area contributed by atoms with E-state index in [1.165, 1.54) is 17.8 Å². The molecule has 106 valence electrons. The molecule has 8 heteroatoms. The maximum Gasteiger partial charge on any atom is 0.269 e. The SMILES string of the molecule is Cc1nnc(SCc2cccc([N+](=O)[O-])c2)n1CCN. The number of nitro benzene ring substituents is 1. The Morgan fingerprint density at radius 2 is 2.25 bits per heavy atom. The lowest BCUT2D eigenvalue weighted by Crippen LogP contribution is -2.12. The van der Waals surface area contributed by atoms with Gasteiger partial charge in [0.2, 0.25) is 0 Å². The number of benzene rings is 1. The van der Waals surface area contributed by atoms with Crippen LogP contribution >= 0.6 is 11.8 Å². The van der Waals surface area contributed by atoms with Crippen LogP contribution < -0.4 is 5.73 Å². The molecular weight excluding hydrogens is 278 g/mol. The van der Waals surface area contributed by atoms with Crippen molar-refractivity contribution in [2.75, 3.05) is 6.54 Å². The topological polar surface area (TPSA) is 99.9 Å². The van der Waals surface area contributed by atoms with Gasteiger partial charge in [0, 0.05) is 31.0 Å². The number of aryl methyl sites for hydroxylation is 1. The van der Waals surface area contributed by atoms with Crippen LogP contribution in [0.5, 0.6) is 0 Å². The van der Waals surface area contributed by atoms with Gasteiger partial charge in [-0.05, 0) is 12.5 Å². The van der Waals surface area contributed by atoms with Gasteiger partial charge in [0.25, 0.3) is 5.69 Å². The van der Waals surface area contributed by atoms with Crippen molar-refractivity contribution in [2.24, 2.45) is 5.73 Å². The Labute approximate surface area is 120 Å². The van der Waals surface area contributed by atoms with E-state index in [1.54, 1.807) is 12.1 Å². The van der Waals surface area contributed by atoms with E-state index in [0.717, 1.165) is 16.5 Å². The van der Waals surface area contributed by atoms with Gasteiger partial charge in [-0.3, -0.25) is 10.1 Å². The Bertz CT molecular complexity index is 614. The second-order valence-electron chi connectivity index (χ2n) is 4.19. The number of non-ortho nitro benzene ring substituents is 1. The van der Waals surface area contributed by atoms with Crippen LogP contribution in [0.2, 0.25) is 0 Å². The lowest BCUT2D eigenvalue weighted by molar-refractivity contribution is -0.384. The number of aromatic nitrogens is 3. The molecule has 20 heavy (non-hydrogen) atoms. The third kappa shape index (κ3) is 3.34. The maximum absolute atomic E-state index is 10.7. The maximum atomic E-state index is 10.7. The monoisotopic (exact) mass is 293 g/mol. The van der Waals surface area contributed by atoms with Crippen LogP contribution in [-0.4, -0.2) is 26.2 Å². The molecule has 0 fully saturated rings. The van der Waals surface area contributed by atoms with Crippen LogP contribution in [0.15, 0.2) is 29.4 Å². The number of nitrogens with two attached hydrogens (primary N) is 1. The van der Waals surface area contributed by atoms with E-state index in [-0.39, 0.29) is 5.69 Å². The highest BCUT2D eigenvalue weighted by atomic mass is 32.2. The van der Waals surface area contributed by atoms with Crippen molar-refractivity contribution in [1.82, 2.24) is 14.8 Å². The zero-order valence-corrected chi connectivity index (χ0v) is 11.8. The van der Waals surface area contributed by atoms with Gasteiger partial charge in [0.05, 0.1) is 4.92 Å². The van der Waals surface area contributed by atoms with E-state index in [4.69, 9.17) is 5.73 Å². The molecule has 7 nitrogen and oxygen atoms in total. The fraction of sp³-hybridized carbons (Fsp3) is 0.333. The molecule has 0 bridgehead atoms. The molecule has 0 aliphatic carbocycles. The van der Waals surface area contributed by atoms with Gasteiger partial charge in [-0.25, -0.2) is 0 Å². The number of nitrogens with zero attached hydrogens (tertiary/aromatic N) is 4. The predicted octanol–water partition coefficient (Wildman–Crippen LogP) is 1.75. The fourth-order valence-electron chi connectivity index (χ4n) is 1.76. The van der Waals surface area contributed by atoms with Crippen molar-refractivity contribution in [3.8, 4) is 0 Å². The Hall–Kier alpha value is -1.93. The average Bonchev–Trinajstić information content (AvgIpc) is 2.78. The second kappa shape index (κ2) is 6.49. The summed E-state index contributed by atoms with van der Waals surface area (Å²) in [6.45, 7) is 3.05. The van der Waals surface area contributed by atoms with Crippen LogP contribution in [0.25, 0.3) is 0 Å². The van der Waals surface area contributed by atoms with Crippen molar-refractivity contribution in [1.29, 1.82) is 0 Å². The number of hydrogen-bond acceptors (Lipinski definition) is 6. The standard InChI is InChI=1S/C12H15N5O2S/c1-9-14-15-12(16(9)6-5-13)20-8-10-3-2-4-11(7-10)17(18)19/h2-4,7H,5-6,8,13H2,1H3. The van der Waals surface area contributed by atoms with Crippen LogP contribution in [0.4, 0.5) is 5.69 Å².